The number of rotatable bonds is 3. The lowest BCUT2D eigenvalue weighted by molar-refractivity contribution is 0.373. The molecule has 3 rings (SSSR count). The second-order valence-corrected chi connectivity index (χ2v) is 4.95. The molecule has 1 aliphatic heterocycles. The van der Waals surface area contributed by atoms with Crippen LogP contribution < -0.4 is 5.43 Å². The van der Waals surface area contributed by atoms with Gasteiger partial charge in [0.1, 0.15) is 5.71 Å². The Hall–Kier alpha value is -3.06. The fourth-order valence-corrected chi connectivity index (χ4v) is 2.53. The maximum absolute atomic E-state index is 10.1. The maximum Gasteiger partial charge on any atom is 0.241 e. The van der Waals surface area contributed by atoms with E-state index in [2.05, 4.69) is 23.5 Å². The molecule has 0 unspecified atom stereocenters. The third kappa shape index (κ3) is 2.33. The average molecular weight is 288 g/mol. The van der Waals surface area contributed by atoms with Crippen molar-refractivity contribution < 1.29 is 5.11 Å². The monoisotopic (exact) mass is 288 g/mol. The van der Waals surface area contributed by atoms with E-state index in [1.165, 1.54) is 0 Å². The second kappa shape index (κ2) is 5.74. The first-order chi connectivity index (χ1) is 10.7. The first-order valence-electron chi connectivity index (χ1n) is 7.05. The van der Waals surface area contributed by atoms with Crippen LogP contribution in [0.4, 0.5) is 0 Å². The van der Waals surface area contributed by atoms with Gasteiger partial charge in [-0.15, -0.1) is 10.5 Å². The Kier molecular flexibility index (Phi) is 3.63. The number of hydrogen-bond acceptors (Lipinski definition) is 3. The first-order valence-corrected chi connectivity index (χ1v) is 7.05. The minimum atomic E-state index is -0.0920. The number of aliphatic hydroxyl groups excluding tert-OH is 1. The van der Waals surface area contributed by atoms with Gasteiger partial charge in [0.25, 0.3) is 0 Å². The number of nitrogens with zero attached hydrogens (tertiary/aromatic N) is 3. The molecule has 2 aromatic rings. The summed E-state index contributed by atoms with van der Waals surface area (Å²) in [5.74, 6) is -0.0920. The van der Waals surface area contributed by atoms with E-state index >= 15 is 0 Å². The molecule has 4 nitrogen and oxygen atoms in total. The number of nitriles is 1. The van der Waals surface area contributed by atoms with Crippen LogP contribution in [0.1, 0.15) is 29.2 Å². The van der Waals surface area contributed by atoms with Crippen LogP contribution in [0.5, 0.6) is 0 Å². The van der Waals surface area contributed by atoms with Crippen LogP contribution in [0.3, 0.4) is 0 Å². The van der Waals surface area contributed by atoms with Gasteiger partial charge in [-0.25, -0.2) is 0 Å². The van der Waals surface area contributed by atoms with Gasteiger partial charge >= 0.3 is 0 Å². The molecule has 1 heterocycles. The highest BCUT2D eigenvalue weighted by atomic mass is 16.3. The van der Waals surface area contributed by atoms with Crippen LogP contribution >= 0.6 is 0 Å². The summed E-state index contributed by atoms with van der Waals surface area (Å²) in [5.41, 5.74) is 8.59. The Morgan fingerprint density at radius 1 is 1.09 bits per heavy atom. The number of aliphatic hydroxyl groups is 1. The van der Waals surface area contributed by atoms with Crippen molar-refractivity contribution in [3.8, 4) is 6.07 Å². The highest BCUT2D eigenvalue weighted by molar-refractivity contribution is 6.33. The van der Waals surface area contributed by atoms with E-state index in [4.69, 9.17) is 5.26 Å². The quantitative estimate of drug-likeness (QED) is 0.940. The maximum atomic E-state index is 10.1. The van der Waals surface area contributed by atoms with Gasteiger partial charge in [0.2, 0.25) is 5.88 Å². The van der Waals surface area contributed by atoms with E-state index in [9.17, 15) is 5.11 Å². The van der Waals surface area contributed by atoms with Crippen LogP contribution in [0.25, 0.3) is 5.57 Å². The van der Waals surface area contributed by atoms with Gasteiger partial charge in [0, 0.05) is 5.56 Å². The van der Waals surface area contributed by atoms with Crippen LogP contribution in [0.2, 0.25) is 0 Å². The zero-order chi connectivity index (χ0) is 15.5. The molecule has 1 radical (unpaired) electrons. The van der Waals surface area contributed by atoms with E-state index in [0.29, 0.717) is 16.8 Å². The fraction of sp³-hybridized carbons (Fsp3) is 0.111. The van der Waals surface area contributed by atoms with Crippen LogP contribution in [-0.2, 0) is 6.42 Å². The van der Waals surface area contributed by atoms with Crippen molar-refractivity contribution in [3.63, 3.8) is 0 Å². The average Bonchev–Trinajstić information content (AvgIpc) is 2.96. The molecule has 0 saturated carbocycles. The van der Waals surface area contributed by atoms with Crippen LogP contribution in [0.15, 0.2) is 59.5 Å². The molecule has 0 aliphatic carbocycles. The van der Waals surface area contributed by atoms with Crippen molar-refractivity contribution >= 4 is 11.3 Å². The Balaban J connectivity index is 2.08. The largest absolute Gasteiger partial charge is 0.492 e. The highest BCUT2D eigenvalue weighted by Gasteiger charge is 2.25. The normalized spacial score (nSPS) is 13.5. The summed E-state index contributed by atoms with van der Waals surface area (Å²) in [6.45, 7) is 2.08. The zero-order valence-electron chi connectivity index (χ0n) is 12.1. The molecule has 0 fully saturated rings. The van der Waals surface area contributed by atoms with E-state index in [1.54, 1.807) is 24.3 Å². The Morgan fingerprint density at radius 3 is 2.50 bits per heavy atom. The summed E-state index contributed by atoms with van der Waals surface area (Å²) in [7, 11) is 0. The van der Waals surface area contributed by atoms with Crippen molar-refractivity contribution in [1.82, 2.24) is 5.43 Å². The SMILES string of the molecule is CCc1ccccc1C1=N[N]C(O)=C1c1ccc(C#N)cc1. The summed E-state index contributed by atoms with van der Waals surface area (Å²) in [6, 6.07) is 17.1. The van der Waals surface area contributed by atoms with Crippen molar-refractivity contribution in [2.45, 2.75) is 13.3 Å². The Morgan fingerprint density at radius 2 is 1.82 bits per heavy atom. The molecule has 0 saturated heterocycles. The first kappa shape index (κ1) is 13.9. The zero-order valence-corrected chi connectivity index (χ0v) is 12.1. The van der Waals surface area contributed by atoms with Gasteiger partial charge in [-0.2, -0.15) is 5.26 Å². The summed E-state index contributed by atoms with van der Waals surface area (Å²) in [5, 5.41) is 23.1. The van der Waals surface area contributed by atoms with Gasteiger partial charge < -0.3 is 5.11 Å². The summed E-state index contributed by atoms with van der Waals surface area (Å²) in [4.78, 5) is 0. The van der Waals surface area contributed by atoms with Crippen LogP contribution in [0, 0.1) is 11.3 Å². The topological polar surface area (TPSA) is 70.5 Å². The molecule has 4 heteroatoms. The third-order valence-corrected chi connectivity index (χ3v) is 3.66. The predicted molar refractivity (Wildman–Crippen MR) is 85.2 cm³/mol. The molecular formula is C18H14N3O. The highest BCUT2D eigenvalue weighted by Crippen LogP contribution is 2.28. The van der Waals surface area contributed by atoms with E-state index in [1.807, 2.05) is 24.3 Å². The Labute approximate surface area is 129 Å². The molecule has 0 amide bonds. The van der Waals surface area contributed by atoms with Gasteiger partial charge in [0.15, 0.2) is 0 Å². The van der Waals surface area contributed by atoms with Gasteiger partial charge in [0.05, 0.1) is 17.2 Å². The van der Waals surface area contributed by atoms with Gasteiger partial charge in [-0.3, -0.25) is 0 Å². The summed E-state index contributed by atoms with van der Waals surface area (Å²) in [6.07, 6.45) is 0.872. The smallest absolute Gasteiger partial charge is 0.241 e. The molecule has 1 aliphatic rings. The minimum absolute atomic E-state index is 0.0920. The number of aryl methyl sites for hydroxylation is 1. The van der Waals surface area contributed by atoms with Crippen molar-refractivity contribution in [2.75, 3.05) is 0 Å². The lowest BCUT2D eigenvalue weighted by Gasteiger charge is -2.10. The standard InChI is InChI=1S/C18H14N3O/c1-2-13-5-3-4-6-15(13)17-16(18(22)21-20-17)14-9-7-12(11-19)8-10-14/h3-10,22H,2H2,1H3. The molecule has 0 bridgehead atoms. The molecule has 107 valence electrons. The van der Waals surface area contributed by atoms with Crippen molar-refractivity contribution in [2.24, 2.45) is 5.10 Å². The lowest BCUT2D eigenvalue weighted by Crippen LogP contribution is -2.06. The minimum Gasteiger partial charge on any atom is -0.492 e. The summed E-state index contributed by atoms with van der Waals surface area (Å²) < 4.78 is 0. The molecule has 0 spiro atoms. The third-order valence-electron chi connectivity index (χ3n) is 3.66. The van der Waals surface area contributed by atoms with E-state index < -0.39 is 0 Å². The second-order valence-electron chi connectivity index (χ2n) is 4.95. The predicted octanol–water partition coefficient (Wildman–Crippen LogP) is 3.37. The Bertz CT molecular complexity index is 811. The van der Waals surface area contributed by atoms with Gasteiger partial charge in [-0.1, -0.05) is 43.3 Å². The molecule has 22 heavy (non-hydrogen) atoms. The molecule has 1 N–H and O–H groups in total. The number of allylic oxidation sites excluding steroid dienone is 1. The number of hydrogen-bond donors (Lipinski definition) is 1. The van der Waals surface area contributed by atoms with Crippen molar-refractivity contribution in [1.29, 1.82) is 5.26 Å². The molecule has 0 atom stereocenters. The van der Waals surface area contributed by atoms with E-state index in [0.717, 1.165) is 23.1 Å². The van der Waals surface area contributed by atoms with Gasteiger partial charge in [-0.05, 0) is 29.7 Å². The van der Waals surface area contributed by atoms with Crippen LogP contribution in [-0.4, -0.2) is 10.8 Å². The summed E-state index contributed by atoms with van der Waals surface area (Å²) >= 11 is 0. The fourth-order valence-electron chi connectivity index (χ4n) is 2.53. The molecule has 2 aromatic carbocycles. The van der Waals surface area contributed by atoms with E-state index in [-0.39, 0.29) is 5.88 Å². The molecule has 0 aromatic heterocycles. The number of benzene rings is 2. The molecular weight excluding hydrogens is 274 g/mol. The van der Waals surface area contributed by atoms with Crippen molar-refractivity contribution in [3.05, 3.63) is 76.7 Å². The lowest BCUT2D eigenvalue weighted by atomic mass is 9.92.